The molecule has 0 fully saturated rings. The second-order valence-electron chi connectivity index (χ2n) is 10.7. The summed E-state index contributed by atoms with van der Waals surface area (Å²) >= 11 is 0. The van der Waals surface area contributed by atoms with Gasteiger partial charge in [0.2, 0.25) is 10.9 Å². The third-order valence-corrected chi connectivity index (χ3v) is 7.24. The van der Waals surface area contributed by atoms with Crippen LogP contribution in [0.25, 0.3) is 11.4 Å². The Kier molecular flexibility index (Phi) is 8.56. The predicted octanol–water partition coefficient (Wildman–Crippen LogP) is 4.28. The highest BCUT2D eigenvalue weighted by Crippen LogP contribution is 2.17. The lowest BCUT2D eigenvalue weighted by Crippen LogP contribution is -2.27. The number of rotatable bonds is 8. The van der Waals surface area contributed by atoms with Gasteiger partial charge in [-0.2, -0.15) is 10.2 Å². The van der Waals surface area contributed by atoms with Crippen molar-refractivity contribution >= 4 is 23.3 Å². The first-order valence-electron chi connectivity index (χ1n) is 14.6. The van der Waals surface area contributed by atoms with E-state index in [2.05, 4.69) is 30.8 Å². The summed E-state index contributed by atoms with van der Waals surface area (Å²) in [7, 11) is 0. The summed E-state index contributed by atoms with van der Waals surface area (Å²) in [5.41, 5.74) is 3.43. The molecule has 12 heteroatoms. The van der Waals surface area contributed by atoms with Gasteiger partial charge in [0, 0.05) is 47.8 Å². The molecule has 2 amide bonds. The number of carbonyl (C=O) groups is 2. The van der Waals surface area contributed by atoms with Crippen LogP contribution in [0.5, 0.6) is 0 Å². The minimum Gasteiger partial charge on any atom is -0.320 e. The molecular formula is C35H28N8O4. The van der Waals surface area contributed by atoms with Crippen LogP contribution >= 0.6 is 0 Å². The predicted molar refractivity (Wildman–Crippen MR) is 176 cm³/mol. The molecule has 0 atom stereocenters. The molecule has 4 heterocycles. The van der Waals surface area contributed by atoms with E-state index in [1.807, 2.05) is 60.7 Å². The number of para-hydroxylation sites is 1. The molecule has 0 aliphatic carbocycles. The Balaban J connectivity index is 1.17. The van der Waals surface area contributed by atoms with Crippen LogP contribution in [0.15, 0.2) is 119 Å². The number of hydrogen-bond donors (Lipinski definition) is 2. The van der Waals surface area contributed by atoms with E-state index in [0.717, 1.165) is 16.8 Å². The van der Waals surface area contributed by atoms with Crippen molar-refractivity contribution in [3.63, 3.8) is 0 Å². The third-order valence-electron chi connectivity index (χ3n) is 7.24. The average molecular weight is 625 g/mol. The zero-order valence-electron chi connectivity index (χ0n) is 25.4. The SMILES string of the molecule is Cc1cc(=O)c(C(=O)Nc2ccncc2)nn1-c1ccc(Cc2ccnc(NC(=O)c3nn(-c4ccccc4)c(C)cc3=O)c2)cc1. The molecule has 232 valence electrons. The number of anilines is 2. The summed E-state index contributed by atoms with van der Waals surface area (Å²) in [6.45, 7) is 3.49. The molecule has 0 saturated carbocycles. The smallest absolute Gasteiger partial charge is 0.281 e. The van der Waals surface area contributed by atoms with E-state index >= 15 is 0 Å². The van der Waals surface area contributed by atoms with Crippen LogP contribution in [0.3, 0.4) is 0 Å². The van der Waals surface area contributed by atoms with Crippen LogP contribution in [0.2, 0.25) is 0 Å². The second kappa shape index (κ2) is 13.2. The van der Waals surface area contributed by atoms with Gasteiger partial charge in [0.05, 0.1) is 11.4 Å². The third kappa shape index (κ3) is 6.91. The molecule has 0 saturated heterocycles. The molecule has 2 aromatic carbocycles. The summed E-state index contributed by atoms with van der Waals surface area (Å²) in [5, 5.41) is 14.0. The monoisotopic (exact) mass is 624 g/mol. The molecule has 0 bridgehead atoms. The quantitative estimate of drug-likeness (QED) is 0.254. The van der Waals surface area contributed by atoms with Crippen LogP contribution in [0.1, 0.15) is 43.5 Å². The number of nitrogens with one attached hydrogen (secondary N) is 2. The van der Waals surface area contributed by atoms with Crippen LogP contribution in [0, 0.1) is 13.8 Å². The maximum atomic E-state index is 13.1. The minimum atomic E-state index is -0.661. The Morgan fingerprint density at radius 2 is 1.21 bits per heavy atom. The van der Waals surface area contributed by atoms with Gasteiger partial charge < -0.3 is 10.6 Å². The first kappa shape index (κ1) is 30.5. The van der Waals surface area contributed by atoms with Crippen molar-refractivity contribution in [1.82, 2.24) is 29.5 Å². The molecule has 6 aromatic rings. The van der Waals surface area contributed by atoms with Gasteiger partial charge in [-0.15, -0.1) is 0 Å². The molecule has 0 radical (unpaired) electrons. The fraction of sp³-hybridized carbons (Fsp3) is 0.0857. The maximum absolute atomic E-state index is 13.1. The zero-order valence-corrected chi connectivity index (χ0v) is 25.4. The molecule has 47 heavy (non-hydrogen) atoms. The Morgan fingerprint density at radius 1 is 0.638 bits per heavy atom. The van der Waals surface area contributed by atoms with Gasteiger partial charge in [-0.25, -0.2) is 14.3 Å². The maximum Gasteiger partial charge on any atom is 0.281 e. The molecule has 0 unspecified atom stereocenters. The summed E-state index contributed by atoms with van der Waals surface area (Å²) in [6.07, 6.45) is 5.17. The number of benzene rings is 2. The molecular weight excluding hydrogens is 596 g/mol. The molecule has 4 aromatic heterocycles. The lowest BCUT2D eigenvalue weighted by Gasteiger charge is -2.12. The zero-order chi connectivity index (χ0) is 32.9. The van der Waals surface area contributed by atoms with Crippen molar-refractivity contribution in [2.75, 3.05) is 10.6 Å². The standard InChI is InChI=1S/C35H28N8O4/c1-22-18-30(45)33(41-42(22)27-6-4-3-5-7-27)35(47)39-31-21-25(12-17-37-31)20-24-8-10-28(11-9-24)43-23(2)19-29(44)32(40-43)34(46)38-26-13-15-36-16-14-26/h3-19,21H,20H2,1-2H3,(H,36,38,46)(H,37,39,47). The Hall–Kier alpha value is -6.56. The van der Waals surface area contributed by atoms with Crippen molar-refractivity contribution in [3.8, 4) is 11.4 Å². The number of hydrogen-bond acceptors (Lipinski definition) is 8. The normalized spacial score (nSPS) is 10.8. The van der Waals surface area contributed by atoms with Gasteiger partial charge in [-0.05, 0) is 79.9 Å². The summed E-state index contributed by atoms with van der Waals surface area (Å²) in [5.74, 6) is -0.999. The van der Waals surface area contributed by atoms with Crippen molar-refractivity contribution in [1.29, 1.82) is 0 Å². The van der Waals surface area contributed by atoms with Gasteiger partial charge in [0.1, 0.15) is 5.82 Å². The topological polar surface area (TPSA) is 154 Å². The van der Waals surface area contributed by atoms with Gasteiger partial charge in [0.25, 0.3) is 11.8 Å². The minimum absolute atomic E-state index is 0.234. The van der Waals surface area contributed by atoms with E-state index in [9.17, 15) is 19.2 Å². The number of pyridine rings is 2. The highest BCUT2D eigenvalue weighted by molar-refractivity contribution is 6.03. The van der Waals surface area contributed by atoms with Gasteiger partial charge in [0.15, 0.2) is 11.4 Å². The Labute approximate surface area is 268 Å². The second-order valence-corrected chi connectivity index (χ2v) is 10.7. The van der Waals surface area contributed by atoms with Gasteiger partial charge in [-0.3, -0.25) is 24.2 Å². The lowest BCUT2D eigenvalue weighted by molar-refractivity contribution is 0.101. The largest absolute Gasteiger partial charge is 0.320 e. The number of amides is 2. The first-order valence-corrected chi connectivity index (χ1v) is 14.6. The fourth-order valence-corrected chi connectivity index (χ4v) is 4.95. The summed E-state index contributed by atoms with van der Waals surface area (Å²) < 4.78 is 3.09. The van der Waals surface area contributed by atoms with Crippen LogP contribution < -0.4 is 21.5 Å². The molecule has 0 spiro atoms. The first-order chi connectivity index (χ1) is 22.7. The lowest BCUT2D eigenvalue weighted by atomic mass is 10.1. The van der Waals surface area contributed by atoms with Crippen molar-refractivity contribution in [2.45, 2.75) is 20.3 Å². The Morgan fingerprint density at radius 3 is 1.83 bits per heavy atom. The molecule has 0 aliphatic heterocycles. The van der Waals surface area contributed by atoms with E-state index in [4.69, 9.17) is 0 Å². The highest BCUT2D eigenvalue weighted by atomic mass is 16.2. The van der Waals surface area contributed by atoms with E-state index in [-0.39, 0.29) is 17.2 Å². The van der Waals surface area contributed by atoms with E-state index < -0.39 is 22.7 Å². The average Bonchev–Trinajstić information content (AvgIpc) is 3.06. The van der Waals surface area contributed by atoms with E-state index in [1.54, 1.807) is 42.9 Å². The van der Waals surface area contributed by atoms with E-state index in [0.29, 0.717) is 29.2 Å². The number of nitrogens with zero attached hydrogens (tertiary/aromatic N) is 6. The Bertz CT molecular complexity index is 2210. The van der Waals surface area contributed by atoms with Crippen LogP contribution in [-0.2, 0) is 6.42 Å². The number of aromatic nitrogens is 6. The molecule has 6 rings (SSSR count). The summed E-state index contributed by atoms with van der Waals surface area (Å²) in [4.78, 5) is 59.3. The number of carbonyl (C=O) groups excluding carboxylic acids is 2. The van der Waals surface area contributed by atoms with Crippen molar-refractivity contribution < 1.29 is 9.59 Å². The molecule has 0 aliphatic rings. The van der Waals surface area contributed by atoms with Gasteiger partial charge in [-0.1, -0.05) is 30.3 Å². The highest BCUT2D eigenvalue weighted by Gasteiger charge is 2.18. The van der Waals surface area contributed by atoms with E-state index in [1.165, 1.54) is 29.2 Å². The van der Waals surface area contributed by atoms with Gasteiger partial charge >= 0.3 is 0 Å². The van der Waals surface area contributed by atoms with Crippen molar-refractivity contribution in [2.24, 2.45) is 0 Å². The van der Waals surface area contributed by atoms with Crippen LogP contribution in [-0.4, -0.2) is 41.3 Å². The fourth-order valence-electron chi connectivity index (χ4n) is 4.95. The molecule has 2 N–H and O–H groups in total. The summed E-state index contributed by atoms with van der Waals surface area (Å²) in [6, 6.07) is 26.3. The van der Waals surface area contributed by atoms with Crippen molar-refractivity contribution in [3.05, 3.63) is 164 Å². The number of aryl methyl sites for hydroxylation is 2. The molecule has 12 nitrogen and oxygen atoms in total. The van der Waals surface area contributed by atoms with Crippen LogP contribution in [0.4, 0.5) is 11.5 Å².